The predicted molar refractivity (Wildman–Crippen MR) is 119 cm³/mol. The molecule has 5 nitrogen and oxygen atoms in total. The van der Waals surface area contributed by atoms with E-state index >= 15 is 0 Å². The number of rotatable bonds is 5. The summed E-state index contributed by atoms with van der Waals surface area (Å²) in [6.45, 7) is 4.17. The zero-order valence-electron chi connectivity index (χ0n) is 16.2. The third kappa shape index (κ3) is 4.07. The predicted octanol–water partition coefficient (Wildman–Crippen LogP) is 6.05. The molecule has 146 valence electrons. The van der Waals surface area contributed by atoms with Gasteiger partial charge in [-0.2, -0.15) is 0 Å². The quantitative estimate of drug-likeness (QED) is 0.425. The molecule has 1 amide bonds. The SMILES string of the molecule is CC(C)c1ccc2c(N)c(C(=O)Nc3ccc(Oc4ccccc4)cc3)sc2n1. The van der Waals surface area contributed by atoms with Gasteiger partial charge in [0.15, 0.2) is 0 Å². The number of carbonyl (C=O) groups excluding carboxylic acids is 1. The van der Waals surface area contributed by atoms with Crippen LogP contribution >= 0.6 is 11.3 Å². The van der Waals surface area contributed by atoms with Crippen molar-refractivity contribution < 1.29 is 9.53 Å². The van der Waals surface area contributed by atoms with Crippen molar-refractivity contribution in [1.29, 1.82) is 0 Å². The van der Waals surface area contributed by atoms with E-state index in [1.54, 1.807) is 12.1 Å². The lowest BCUT2D eigenvalue weighted by Crippen LogP contribution is -2.11. The van der Waals surface area contributed by atoms with Crippen LogP contribution in [0.3, 0.4) is 0 Å². The fraction of sp³-hybridized carbons (Fsp3) is 0.130. The number of hydrogen-bond acceptors (Lipinski definition) is 5. The van der Waals surface area contributed by atoms with Gasteiger partial charge in [0.05, 0.1) is 5.69 Å². The van der Waals surface area contributed by atoms with Gasteiger partial charge in [-0.1, -0.05) is 32.0 Å². The Bertz CT molecular complexity index is 1150. The first-order valence-corrected chi connectivity index (χ1v) is 10.2. The van der Waals surface area contributed by atoms with Crippen LogP contribution in [0.15, 0.2) is 66.7 Å². The molecule has 0 saturated carbocycles. The summed E-state index contributed by atoms with van der Waals surface area (Å²) in [5.41, 5.74) is 8.34. The number of amides is 1. The first kappa shape index (κ1) is 19.0. The number of thiophene rings is 1. The Morgan fingerprint density at radius 2 is 1.69 bits per heavy atom. The first-order valence-electron chi connectivity index (χ1n) is 9.34. The number of pyridine rings is 1. The van der Waals surface area contributed by atoms with Gasteiger partial charge < -0.3 is 15.8 Å². The number of ether oxygens (including phenoxy) is 1. The van der Waals surface area contributed by atoms with E-state index in [0.717, 1.165) is 21.7 Å². The minimum absolute atomic E-state index is 0.242. The summed E-state index contributed by atoms with van der Waals surface area (Å²) in [5.74, 6) is 1.53. The van der Waals surface area contributed by atoms with Crippen LogP contribution < -0.4 is 15.8 Å². The van der Waals surface area contributed by atoms with E-state index in [1.165, 1.54) is 11.3 Å². The van der Waals surface area contributed by atoms with Gasteiger partial charge in [0.2, 0.25) is 0 Å². The lowest BCUT2D eigenvalue weighted by Gasteiger charge is -2.08. The minimum atomic E-state index is -0.242. The van der Waals surface area contributed by atoms with Gasteiger partial charge in [-0.3, -0.25) is 4.79 Å². The molecule has 0 fully saturated rings. The number of benzene rings is 2. The summed E-state index contributed by atoms with van der Waals surface area (Å²) in [6.07, 6.45) is 0. The average Bonchev–Trinajstić information content (AvgIpc) is 3.06. The number of nitrogens with zero attached hydrogens (tertiary/aromatic N) is 1. The highest BCUT2D eigenvalue weighted by molar-refractivity contribution is 7.21. The summed E-state index contributed by atoms with van der Waals surface area (Å²) in [4.78, 5) is 18.7. The Labute approximate surface area is 173 Å². The molecule has 29 heavy (non-hydrogen) atoms. The van der Waals surface area contributed by atoms with Crippen molar-refractivity contribution in [3.63, 3.8) is 0 Å². The molecule has 2 aromatic carbocycles. The number of hydrogen-bond donors (Lipinski definition) is 2. The molecule has 4 aromatic rings. The van der Waals surface area contributed by atoms with Gasteiger partial charge in [0.1, 0.15) is 21.2 Å². The number of carbonyl (C=O) groups is 1. The van der Waals surface area contributed by atoms with Crippen LogP contribution in [0, 0.1) is 0 Å². The Balaban J connectivity index is 1.51. The van der Waals surface area contributed by atoms with Gasteiger partial charge in [-0.25, -0.2) is 4.98 Å². The largest absolute Gasteiger partial charge is 0.457 e. The minimum Gasteiger partial charge on any atom is -0.457 e. The van der Waals surface area contributed by atoms with E-state index in [9.17, 15) is 4.79 Å². The van der Waals surface area contributed by atoms with Gasteiger partial charge in [-0.05, 0) is 54.4 Å². The third-order valence-electron chi connectivity index (χ3n) is 4.50. The van der Waals surface area contributed by atoms with Crippen molar-refractivity contribution in [1.82, 2.24) is 4.98 Å². The monoisotopic (exact) mass is 403 g/mol. The molecule has 0 aliphatic heterocycles. The summed E-state index contributed by atoms with van der Waals surface area (Å²) in [6, 6.07) is 20.7. The summed E-state index contributed by atoms with van der Waals surface area (Å²) >= 11 is 1.31. The van der Waals surface area contributed by atoms with E-state index in [1.807, 2.05) is 54.6 Å². The fourth-order valence-electron chi connectivity index (χ4n) is 2.92. The maximum atomic E-state index is 12.8. The molecule has 6 heteroatoms. The van der Waals surface area contributed by atoms with E-state index in [-0.39, 0.29) is 5.91 Å². The molecule has 0 aliphatic carbocycles. The van der Waals surface area contributed by atoms with Crippen LogP contribution in [0.2, 0.25) is 0 Å². The van der Waals surface area contributed by atoms with Crippen molar-refractivity contribution in [2.75, 3.05) is 11.1 Å². The van der Waals surface area contributed by atoms with E-state index < -0.39 is 0 Å². The van der Waals surface area contributed by atoms with Crippen LogP contribution in [0.1, 0.15) is 35.1 Å². The standard InChI is InChI=1S/C23H21N3O2S/c1-14(2)19-13-12-18-20(24)21(29-23(18)26-19)22(27)25-15-8-10-17(11-9-15)28-16-6-4-3-5-7-16/h3-14H,24H2,1-2H3,(H,25,27). The van der Waals surface area contributed by atoms with Crippen molar-refractivity contribution >= 4 is 38.8 Å². The van der Waals surface area contributed by atoms with E-state index in [0.29, 0.717) is 27.9 Å². The number of fused-ring (bicyclic) bond motifs is 1. The molecule has 0 saturated heterocycles. The summed E-state index contributed by atoms with van der Waals surface area (Å²) < 4.78 is 5.77. The number of nitrogen functional groups attached to an aromatic ring is 1. The van der Waals surface area contributed by atoms with Crippen LogP contribution in [-0.2, 0) is 0 Å². The van der Waals surface area contributed by atoms with Crippen molar-refractivity contribution in [3.05, 3.63) is 77.3 Å². The number of para-hydroxylation sites is 1. The smallest absolute Gasteiger partial charge is 0.267 e. The highest BCUT2D eigenvalue weighted by atomic mass is 32.1. The second-order valence-electron chi connectivity index (χ2n) is 6.98. The Morgan fingerprint density at radius 1 is 1.00 bits per heavy atom. The normalized spacial score (nSPS) is 11.0. The van der Waals surface area contributed by atoms with Gasteiger partial charge in [0, 0.05) is 16.8 Å². The topological polar surface area (TPSA) is 77.2 Å². The molecule has 2 aromatic heterocycles. The second kappa shape index (κ2) is 7.93. The molecule has 2 heterocycles. The molecule has 4 rings (SSSR count). The number of nitrogens with one attached hydrogen (secondary N) is 1. The van der Waals surface area contributed by atoms with Crippen LogP contribution in [0.5, 0.6) is 11.5 Å². The van der Waals surface area contributed by atoms with Crippen molar-refractivity contribution in [2.24, 2.45) is 0 Å². The van der Waals surface area contributed by atoms with E-state index in [2.05, 4.69) is 24.1 Å². The molecule has 0 spiro atoms. The van der Waals surface area contributed by atoms with Gasteiger partial charge in [-0.15, -0.1) is 11.3 Å². The second-order valence-corrected chi connectivity index (χ2v) is 7.98. The maximum absolute atomic E-state index is 12.8. The fourth-order valence-corrected chi connectivity index (χ4v) is 3.92. The van der Waals surface area contributed by atoms with E-state index in [4.69, 9.17) is 10.5 Å². The Kier molecular flexibility index (Phi) is 5.18. The number of aromatic nitrogens is 1. The molecular weight excluding hydrogens is 382 g/mol. The number of nitrogens with two attached hydrogens (primary N) is 1. The summed E-state index contributed by atoms with van der Waals surface area (Å²) in [5, 5.41) is 3.71. The Hall–Kier alpha value is -3.38. The maximum Gasteiger partial charge on any atom is 0.267 e. The zero-order valence-corrected chi connectivity index (χ0v) is 17.0. The third-order valence-corrected chi connectivity index (χ3v) is 5.62. The highest BCUT2D eigenvalue weighted by Crippen LogP contribution is 2.34. The zero-order chi connectivity index (χ0) is 20.4. The summed E-state index contributed by atoms with van der Waals surface area (Å²) in [7, 11) is 0. The molecule has 0 bridgehead atoms. The van der Waals surface area contributed by atoms with Crippen molar-refractivity contribution in [2.45, 2.75) is 19.8 Å². The molecule has 0 atom stereocenters. The highest BCUT2D eigenvalue weighted by Gasteiger charge is 2.18. The van der Waals surface area contributed by atoms with Crippen LogP contribution in [0.4, 0.5) is 11.4 Å². The lowest BCUT2D eigenvalue weighted by atomic mass is 10.1. The van der Waals surface area contributed by atoms with Crippen LogP contribution in [-0.4, -0.2) is 10.9 Å². The van der Waals surface area contributed by atoms with Crippen LogP contribution in [0.25, 0.3) is 10.2 Å². The average molecular weight is 404 g/mol. The van der Waals surface area contributed by atoms with Gasteiger partial charge in [0.25, 0.3) is 5.91 Å². The molecule has 0 aliphatic rings. The first-order chi connectivity index (χ1) is 14.0. The lowest BCUT2D eigenvalue weighted by molar-refractivity contribution is 0.103. The van der Waals surface area contributed by atoms with Gasteiger partial charge >= 0.3 is 0 Å². The molecular formula is C23H21N3O2S. The number of anilines is 2. The molecule has 3 N–H and O–H groups in total. The van der Waals surface area contributed by atoms with Crippen molar-refractivity contribution in [3.8, 4) is 11.5 Å². The molecule has 0 unspecified atom stereocenters. The molecule has 0 radical (unpaired) electrons. The Morgan fingerprint density at radius 3 is 2.38 bits per heavy atom.